The van der Waals surface area contributed by atoms with Crippen molar-refractivity contribution in [3.8, 4) is 0 Å². The summed E-state index contributed by atoms with van der Waals surface area (Å²) in [6.45, 7) is 6.87. The number of aromatic amines is 1. The average molecular weight is 387 g/mol. The number of hydrogen-bond donors (Lipinski definition) is 3. The second-order valence-electron chi connectivity index (χ2n) is 7.51. The molecule has 3 N–H and O–H groups in total. The molecule has 0 spiro atoms. The van der Waals surface area contributed by atoms with E-state index in [4.69, 9.17) is 0 Å². The summed E-state index contributed by atoms with van der Waals surface area (Å²) >= 11 is 1.77. The van der Waals surface area contributed by atoms with Crippen LogP contribution in [0, 0.1) is 13.8 Å². The molecule has 0 saturated heterocycles. The molecule has 0 bridgehead atoms. The van der Waals surface area contributed by atoms with E-state index in [1.807, 2.05) is 25.1 Å². The van der Waals surface area contributed by atoms with Crippen molar-refractivity contribution < 1.29 is 5.11 Å². The van der Waals surface area contributed by atoms with E-state index in [0.29, 0.717) is 13.0 Å². The molecule has 1 aromatic carbocycles. The van der Waals surface area contributed by atoms with Crippen LogP contribution < -0.4 is 11.0 Å². The van der Waals surface area contributed by atoms with Crippen LogP contribution in [0.25, 0.3) is 11.0 Å². The molecule has 6 nitrogen and oxygen atoms in total. The topological polar surface area (TPSA) is 82.9 Å². The summed E-state index contributed by atoms with van der Waals surface area (Å²) in [7, 11) is 0. The second kappa shape index (κ2) is 7.22. The Bertz CT molecular complexity index is 1020. The molecule has 1 aliphatic rings. The quantitative estimate of drug-likeness (QED) is 0.630. The molecule has 3 unspecified atom stereocenters. The van der Waals surface area contributed by atoms with Crippen molar-refractivity contribution in [1.82, 2.24) is 19.9 Å². The highest BCUT2D eigenvalue weighted by Gasteiger charge is 2.29. The summed E-state index contributed by atoms with van der Waals surface area (Å²) in [5.41, 5.74) is 3.48. The zero-order valence-electron chi connectivity index (χ0n) is 16.0. The molecular weight excluding hydrogens is 360 g/mol. The minimum absolute atomic E-state index is 0.0748. The summed E-state index contributed by atoms with van der Waals surface area (Å²) in [4.78, 5) is 21.0. The SMILES string of the molecule is Cc1nc(C)c(CCC(C)NC2CCn3c(=O)[nH]c4cccc(c43)C2O)s1. The number of aliphatic hydroxyl groups is 1. The van der Waals surface area contributed by atoms with Crippen LogP contribution in [-0.4, -0.2) is 31.7 Å². The van der Waals surface area contributed by atoms with Gasteiger partial charge in [0.05, 0.1) is 27.8 Å². The number of para-hydroxylation sites is 1. The minimum atomic E-state index is -0.632. The first-order valence-corrected chi connectivity index (χ1v) is 10.3. The lowest BCUT2D eigenvalue weighted by Crippen LogP contribution is -2.41. The highest BCUT2D eigenvalue weighted by Crippen LogP contribution is 2.30. The smallest absolute Gasteiger partial charge is 0.326 e. The molecule has 144 valence electrons. The normalized spacial score (nSPS) is 20.7. The largest absolute Gasteiger partial charge is 0.387 e. The standard InChI is InChI=1S/C20H26N4O2S/c1-11(7-8-17-12(2)22-13(3)27-17)21-16-9-10-24-18-14(19(16)25)5-4-6-15(18)23-20(24)26/h4-6,11,16,19,21,25H,7-10H2,1-3H3,(H,23,26). The van der Waals surface area contributed by atoms with Crippen LogP contribution in [0.3, 0.4) is 0 Å². The van der Waals surface area contributed by atoms with Gasteiger partial charge < -0.3 is 15.4 Å². The van der Waals surface area contributed by atoms with Gasteiger partial charge in [0.1, 0.15) is 0 Å². The Morgan fingerprint density at radius 2 is 2.26 bits per heavy atom. The van der Waals surface area contributed by atoms with Crippen molar-refractivity contribution in [2.75, 3.05) is 0 Å². The second-order valence-corrected chi connectivity index (χ2v) is 8.80. The van der Waals surface area contributed by atoms with E-state index in [2.05, 4.69) is 29.1 Å². The van der Waals surface area contributed by atoms with Crippen LogP contribution >= 0.6 is 11.3 Å². The summed E-state index contributed by atoms with van der Waals surface area (Å²) in [5.74, 6) is 0. The van der Waals surface area contributed by atoms with Gasteiger partial charge in [0.25, 0.3) is 0 Å². The van der Waals surface area contributed by atoms with Crippen molar-refractivity contribution in [2.24, 2.45) is 0 Å². The molecule has 7 heteroatoms. The van der Waals surface area contributed by atoms with Crippen molar-refractivity contribution in [3.05, 3.63) is 49.8 Å². The van der Waals surface area contributed by atoms with Crippen molar-refractivity contribution in [1.29, 1.82) is 0 Å². The fourth-order valence-electron chi connectivity index (χ4n) is 4.12. The molecule has 0 radical (unpaired) electrons. The molecule has 0 aliphatic carbocycles. The molecule has 27 heavy (non-hydrogen) atoms. The molecular formula is C20H26N4O2S. The van der Waals surface area contributed by atoms with E-state index in [1.165, 1.54) is 4.88 Å². The van der Waals surface area contributed by atoms with E-state index < -0.39 is 6.10 Å². The van der Waals surface area contributed by atoms with Gasteiger partial charge in [-0.1, -0.05) is 12.1 Å². The van der Waals surface area contributed by atoms with Crippen molar-refractivity contribution in [2.45, 2.75) is 64.8 Å². The number of aryl methyl sites for hydroxylation is 4. The fraction of sp³-hybridized carbons (Fsp3) is 0.500. The molecule has 3 atom stereocenters. The van der Waals surface area contributed by atoms with Gasteiger partial charge in [0.2, 0.25) is 0 Å². The van der Waals surface area contributed by atoms with Gasteiger partial charge >= 0.3 is 5.69 Å². The van der Waals surface area contributed by atoms with Gasteiger partial charge in [0, 0.05) is 29.1 Å². The molecule has 1 aliphatic heterocycles. The number of H-pyrrole nitrogens is 1. The average Bonchev–Trinajstić information content (AvgIpc) is 3.08. The predicted molar refractivity (Wildman–Crippen MR) is 108 cm³/mol. The summed E-state index contributed by atoms with van der Waals surface area (Å²) in [6, 6.07) is 5.89. The lowest BCUT2D eigenvalue weighted by atomic mass is 9.98. The molecule has 0 saturated carbocycles. The third-order valence-electron chi connectivity index (χ3n) is 5.49. The van der Waals surface area contributed by atoms with E-state index in [-0.39, 0.29) is 17.8 Å². The van der Waals surface area contributed by atoms with Gasteiger partial charge in [-0.3, -0.25) is 4.57 Å². The Morgan fingerprint density at radius 3 is 3.00 bits per heavy atom. The Balaban J connectivity index is 1.48. The molecule has 0 amide bonds. The van der Waals surface area contributed by atoms with Gasteiger partial charge in [-0.2, -0.15) is 0 Å². The van der Waals surface area contributed by atoms with Gasteiger partial charge in [-0.25, -0.2) is 9.78 Å². The van der Waals surface area contributed by atoms with Crippen LogP contribution in [0.15, 0.2) is 23.0 Å². The van der Waals surface area contributed by atoms with Gasteiger partial charge in [0.15, 0.2) is 0 Å². The summed E-state index contributed by atoms with van der Waals surface area (Å²) in [5, 5.41) is 15.7. The summed E-state index contributed by atoms with van der Waals surface area (Å²) < 4.78 is 1.75. The Morgan fingerprint density at radius 1 is 1.44 bits per heavy atom. The van der Waals surface area contributed by atoms with Crippen LogP contribution in [0.5, 0.6) is 0 Å². The number of imidazole rings is 1. The summed E-state index contributed by atoms with van der Waals surface area (Å²) in [6.07, 6.45) is 2.06. The molecule has 3 aromatic rings. The number of benzene rings is 1. The lowest BCUT2D eigenvalue weighted by molar-refractivity contribution is 0.119. The van der Waals surface area contributed by atoms with E-state index in [1.54, 1.807) is 15.9 Å². The fourth-order valence-corrected chi connectivity index (χ4v) is 5.07. The predicted octanol–water partition coefficient (Wildman–Crippen LogP) is 2.82. The highest BCUT2D eigenvalue weighted by atomic mass is 32.1. The third-order valence-corrected chi connectivity index (χ3v) is 6.62. The number of hydrogen-bond acceptors (Lipinski definition) is 5. The first-order chi connectivity index (χ1) is 12.9. The van der Waals surface area contributed by atoms with E-state index in [9.17, 15) is 9.90 Å². The van der Waals surface area contributed by atoms with Crippen molar-refractivity contribution >= 4 is 22.4 Å². The van der Waals surface area contributed by atoms with E-state index in [0.717, 1.165) is 40.1 Å². The van der Waals surface area contributed by atoms with E-state index >= 15 is 0 Å². The molecule has 3 heterocycles. The number of rotatable bonds is 5. The Kier molecular flexibility index (Phi) is 4.92. The number of thiazole rings is 1. The molecule has 0 fully saturated rings. The maximum absolute atomic E-state index is 12.2. The monoisotopic (exact) mass is 386 g/mol. The minimum Gasteiger partial charge on any atom is -0.387 e. The number of nitrogens with zero attached hydrogens (tertiary/aromatic N) is 2. The highest BCUT2D eigenvalue weighted by molar-refractivity contribution is 7.11. The molecule has 4 rings (SSSR count). The zero-order chi connectivity index (χ0) is 19.1. The van der Waals surface area contributed by atoms with Crippen LogP contribution in [0.1, 0.15) is 47.0 Å². The number of aliphatic hydroxyl groups excluding tert-OH is 1. The van der Waals surface area contributed by atoms with Crippen LogP contribution in [-0.2, 0) is 13.0 Å². The first-order valence-electron chi connectivity index (χ1n) is 9.52. The Labute approximate surface area is 162 Å². The van der Waals surface area contributed by atoms with Crippen LogP contribution in [0.2, 0.25) is 0 Å². The van der Waals surface area contributed by atoms with Crippen LogP contribution in [0.4, 0.5) is 0 Å². The van der Waals surface area contributed by atoms with Gasteiger partial charge in [-0.05, 0) is 46.1 Å². The number of aromatic nitrogens is 3. The molecule has 2 aromatic heterocycles. The number of nitrogens with one attached hydrogen (secondary N) is 2. The first kappa shape index (κ1) is 18.4. The lowest BCUT2D eigenvalue weighted by Gasteiger charge is -2.26. The maximum atomic E-state index is 12.2. The maximum Gasteiger partial charge on any atom is 0.326 e. The van der Waals surface area contributed by atoms with Gasteiger partial charge in [-0.15, -0.1) is 11.3 Å². The third kappa shape index (κ3) is 3.47. The van der Waals surface area contributed by atoms with Crippen molar-refractivity contribution in [3.63, 3.8) is 0 Å². The Hall–Kier alpha value is -1.96. The zero-order valence-corrected chi connectivity index (χ0v) is 16.8.